The number of carbonyl (C=O) groups excluding carboxylic acids is 1. The van der Waals surface area contributed by atoms with Crippen LogP contribution in [-0.4, -0.2) is 35.0 Å². The zero-order valence-corrected chi connectivity index (χ0v) is 16.7. The van der Waals surface area contributed by atoms with Crippen LogP contribution in [0.25, 0.3) is 0 Å². The third kappa shape index (κ3) is 5.21. The number of benzene rings is 2. The minimum Gasteiger partial charge on any atom is -0.495 e. The maximum atomic E-state index is 12.9. The van der Waals surface area contributed by atoms with Gasteiger partial charge in [0.2, 0.25) is 5.91 Å². The zero-order valence-electron chi connectivity index (χ0n) is 15.9. The highest BCUT2D eigenvalue weighted by molar-refractivity contribution is 7.92. The lowest BCUT2D eigenvalue weighted by Gasteiger charge is -2.15. The zero-order chi connectivity index (χ0) is 20.0. The van der Waals surface area contributed by atoms with E-state index in [1.54, 1.807) is 57.3 Å². The van der Waals surface area contributed by atoms with Gasteiger partial charge in [-0.25, -0.2) is 8.42 Å². The number of rotatable bonds is 8. The molecular formula is C19H25N3O4S. The Kier molecular flexibility index (Phi) is 6.81. The summed E-state index contributed by atoms with van der Waals surface area (Å²) in [5.41, 5.74) is 1.34. The predicted molar refractivity (Wildman–Crippen MR) is 107 cm³/mol. The Bertz CT molecular complexity index is 913. The number of carbonyl (C=O) groups is 1. The van der Waals surface area contributed by atoms with Crippen LogP contribution >= 0.6 is 0 Å². The van der Waals surface area contributed by atoms with Gasteiger partial charge >= 0.3 is 0 Å². The monoisotopic (exact) mass is 391 g/mol. The Balaban J connectivity index is 2.30. The summed E-state index contributed by atoms with van der Waals surface area (Å²) in [5.74, 6) is -0.0126. The van der Waals surface area contributed by atoms with Crippen molar-refractivity contribution < 1.29 is 17.9 Å². The highest BCUT2D eigenvalue weighted by atomic mass is 32.2. The third-order valence-electron chi connectivity index (χ3n) is 4.05. The Morgan fingerprint density at radius 3 is 2.56 bits per heavy atom. The summed E-state index contributed by atoms with van der Waals surface area (Å²) in [7, 11) is -0.618. The fraction of sp³-hybridized carbons (Fsp3) is 0.316. The number of para-hydroxylation sites is 2. The van der Waals surface area contributed by atoms with E-state index in [1.165, 1.54) is 13.2 Å². The molecule has 0 saturated heterocycles. The van der Waals surface area contributed by atoms with Gasteiger partial charge in [0.05, 0.1) is 17.7 Å². The highest BCUT2D eigenvalue weighted by Crippen LogP contribution is 2.28. The number of methoxy groups -OCH3 is 1. The van der Waals surface area contributed by atoms with Gasteiger partial charge in [-0.2, -0.15) is 0 Å². The lowest BCUT2D eigenvalue weighted by molar-refractivity contribution is -0.119. The van der Waals surface area contributed by atoms with Crippen LogP contribution in [0.4, 0.5) is 11.4 Å². The molecule has 1 atom stereocenters. The first-order valence-electron chi connectivity index (χ1n) is 8.50. The van der Waals surface area contributed by atoms with Crippen LogP contribution in [0.1, 0.15) is 12.5 Å². The second kappa shape index (κ2) is 8.88. The van der Waals surface area contributed by atoms with Crippen molar-refractivity contribution in [1.29, 1.82) is 0 Å². The third-order valence-corrected chi connectivity index (χ3v) is 5.56. The molecule has 2 aromatic rings. The van der Waals surface area contributed by atoms with Gasteiger partial charge in [0, 0.05) is 18.2 Å². The van der Waals surface area contributed by atoms with Crippen LogP contribution in [0.2, 0.25) is 0 Å². The van der Waals surface area contributed by atoms with Crippen LogP contribution in [0.5, 0.6) is 5.75 Å². The summed E-state index contributed by atoms with van der Waals surface area (Å²) in [4.78, 5) is 12.3. The van der Waals surface area contributed by atoms with Crippen molar-refractivity contribution in [2.24, 2.45) is 5.92 Å². The summed E-state index contributed by atoms with van der Waals surface area (Å²) in [6.07, 6.45) is 0. The van der Waals surface area contributed by atoms with E-state index in [0.29, 0.717) is 29.2 Å². The van der Waals surface area contributed by atoms with E-state index in [0.717, 1.165) is 0 Å². The maximum absolute atomic E-state index is 12.9. The molecule has 0 bridgehead atoms. The summed E-state index contributed by atoms with van der Waals surface area (Å²) in [5, 5.41) is 5.70. The van der Waals surface area contributed by atoms with Gasteiger partial charge in [0.15, 0.2) is 0 Å². The van der Waals surface area contributed by atoms with Crippen molar-refractivity contribution in [2.75, 3.05) is 30.7 Å². The standard InChI is InChI=1S/C19H25N3O4S/c1-13-9-10-15(21-19(23)14(2)12-20-3)11-18(13)27(24,25)22-16-7-5-6-8-17(16)26-4/h5-11,14,20,22H,12H2,1-4H3,(H,21,23). The smallest absolute Gasteiger partial charge is 0.262 e. The predicted octanol–water partition coefficient (Wildman–Crippen LogP) is 2.60. The van der Waals surface area contributed by atoms with Gasteiger partial charge in [-0.15, -0.1) is 0 Å². The largest absolute Gasteiger partial charge is 0.495 e. The molecule has 1 unspecified atom stereocenters. The molecule has 2 rings (SSSR count). The Morgan fingerprint density at radius 1 is 1.19 bits per heavy atom. The second-order valence-corrected chi connectivity index (χ2v) is 7.88. The normalized spacial score (nSPS) is 12.3. The number of amides is 1. The SMILES string of the molecule is CNCC(C)C(=O)Nc1ccc(C)c(S(=O)(=O)Nc2ccccc2OC)c1. The molecule has 27 heavy (non-hydrogen) atoms. The van der Waals surface area contributed by atoms with Crippen LogP contribution in [0.3, 0.4) is 0 Å². The Labute approximate surface area is 160 Å². The van der Waals surface area contributed by atoms with Crippen molar-refractivity contribution >= 4 is 27.3 Å². The summed E-state index contributed by atoms with van der Waals surface area (Å²) < 4.78 is 33.5. The van der Waals surface area contributed by atoms with E-state index in [4.69, 9.17) is 4.74 Å². The van der Waals surface area contributed by atoms with Gasteiger partial charge in [-0.1, -0.05) is 25.1 Å². The van der Waals surface area contributed by atoms with Crippen molar-refractivity contribution in [3.63, 3.8) is 0 Å². The van der Waals surface area contributed by atoms with Crippen LogP contribution in [0.15, 0.2) is 47.4 Å². The van der Waals surface area contributed by atoms with Gasteiger partial charge < -0.3 is 15.4 Å². The quantitative estimate of drug-likeness (QED) is 0.643. The molecule has 7 nitrogen and oxygen atoms in total. The minimum absolute atomic E-state index is 0.0903. The van der Waals surface area contributed by atoms with E-state index in [1.807, 2.05) is 0 Å². The topological polar surface area (TPSA) is 96.5 Å². The molecule has 0 aromatic heterocycles. The second-order valence-electron chi connectivity index (χ2n) is 6.23. The molecule has 8 heteroatoms. The molecule has 0 aliphatic heterocycles. The number of anilines is 2. The average molecular weight is 391 g/mol. The molecule has 146 valence electrons. The van der Waals surface area contributed by atoms with Crippen LogP contribution in [0, 0.1) is 12.8 Å². The molecule has 0 saturated carbocycles. The molecule has 0 fully saturated rings. The van der Waals surface area contributed by atoms with E-state index in [2.05, 4.69) is 15.4 Å². The number of hydrogen-bond donors (Lipinski definition) is 3. The molecule has 0 radical (unpaired) electrons. The molecule has 3 N–H and O–H groups in total. The summed E-state index contributed by atoms with van der Waals surface area (Å²) in [6, 6.07) is 11.6. The number of aryl methyl sites for hydroxylation is 1. The highest BCUT2D eigenvalue weighted by Gasteiger charge is 2.20. The maximum Gasteiger partial charge on any atom is 0.262 e. The minimum atomic E-state index is -3.86. The number of hydrogen-bond acceptors (Lipinski definition) is 5. The van der Waals surface area contributed by atoms with E-state index < -0.39 is 10.0 Å². The molecule has 0 aliphatic carbocycles. The number of sulfonamides is 1. The van der Waals surface area contributed by atoms with E-state index in [9.17, 15) is 13.2 Å². The summed E-state index contributed by atoms with van der Waals surface area (Å²) >= 11 is 0. The Hall–Kier alpha value is -2.58. The van der Waals surface area contributed by atoms with Crippen molar-refractivity contribution in [3.8, 4) is 5.75 Å². The van der Waals surface area contributed by atoms with Gasteiger partial charge in [0.25, 0.3) is 10.0 Å². The van der Waals surface area contributed by atoms with Gasteiger partial charge in [0.1, 0.15) is 5.75 Å². The summed E-state index contributed by atoms with van der Waals surface area (Å²) in [6.45, 7) is 4.02. The first-order valence-corrected chi connectivity index (χ1v) is 9.98. The molecule has 1 amide bonds. The average Bonchev–Trinajstić information content (AvgIpc) is 2.63. The van der Waals surface area contributed by atoms with E-state index >= 15 is 0 Å². The van der Waals surface area contributed by atoms with Crippen LogP contribution in [-0.2, 0) is 14.8 Å². The van der Waals surface area contributed by atoms with Crippen molar-refractivity contribution in [3.05, 3.63) is 48.0 Å². The molecule has 0 spiro atoms. The van der Waals surface area contributed by atoms with Crippen LogP contribution < -0.4 is 20.1 Å². The Morgan fingerprint density at radius 2 is 1.89 bits per heavy atom. The fourth-order valence-electron chi connectivity index (χ4n) is 2.56. The van der Waals surface area contributed by atoms with Crippen molar-refractivity contribution in [1.82, 2.24) is 5.32 Å². The number of nitrogens with one attached hydrogen (secondary N) is 3. The number of ether oxygens (including phenoxy) is 1. The van der Waals surface area contributed by atoms with Crippen molar-refractivity contribution in [2.45, 2.75) is 18.7 Å². The first kappa shape index (κ1) is 20.7. The first-order chi connectivity index (χ1) is 12.8. The molecule has 0 aliphatic rings. The van der Waals surface area contributed by atoms with Gasteiger partial charge in [-0.05, 0) is 43.8 Å². The lowest BCUT2D eigenvalue weighted by Crippen LogP contribution is -2.28. The van der Waals surface area contributed by atoms with Gasteiger partial charge in [-0.3, -0.25) is 9.52 Å². The lowest BCUT2D eigenvalue weighted by atomic mass is 10.1. The molecule has 0 heterocycles. The molecular weight excluding hydrogens is 366 g/mol. The molecule has 2 aromatic carbocycles. The van der Waals surface area contributed by atoms with E-state index in [-0.39, 0.29) is 16.7 Å². The fourth-order valence-corrected chi connectivity index (χ4v) is 3.90.